The molecule has 0 saturated heterocycles. The van der Waals surface area contributed by atoms with E-state index < -0.39 is 0 Å². The Morgan fingerprint density at radius 2 is 1.88 bits per heavy atom. The Morgan fingerprint density at radius 3 is 2.00 bits per heavy atom. The van der Waals surface area contributed by atoms with Crippen molar-refractivity contribution in [1.82, 2.24) is 5.32 Å². The van der Waals surface area contributed by atoms with Gasteiger partial charge in [0.05, 0.1) is 0 Å². The molecule has 0 radical (unpaired) electrons. The summed E-state index contributed by atoms with van der Waals surface area (Å²) < 4.78 is 0. The number of nitrogens with one attached hydrogen (secondary N) is 1. The SMILES string of the molecule is CNCCC(C)C.Cl. The van der Waals surface area contributed by atoms with Crippen LogP contribution < -0.4 is 5.32 Å². The van der Waals surface area contributed by atoms with Gasteiger partial charge in [0.1, 0.15) is 0 Å². The molecule has 0 aromatic heterocycles. The minimum Gasteiger partial charge on any atom is -0.320 e. The fourth-order valence-corrected chi connectivity index (χ4v) is 0.433. The van der Waals surface area contributed by atoms with Gasteiger partial charge in [0.15, 0.2) is 0 Å². The molecule has 52 valence electrons. The highest BCUT2D eigenvalue weighted by atomic mass is 35.5. The number of hydrogen-bond donors (Lipinski definition) is 1. The van der Waals surface area contributed by atoms with Crippen LogP contribution in [-0.2, 0) is 0 Å². The van der Waals surface area contributed by atoms with Crippen molar-refractivity contribution >= 4 is 12.4 Å². The number of hydrogen-bond acceptors (Lipinski definition) is 1. The van der Waals surface area contributed by atoms with Crippen molar-refractivity contribution in [3.05, 3.63) is 0 Å². The highest BCUT2D eigenvalue weighted by Crippen LogP contribution is 1.94. The highest BCUT2D eigenvalue weighted by molar-refractivity contribution is 5.85. The second-order valence-electron chi connectivity index (χ2n) is 2.29. The second-order valence-corrected chi connectivity index (χ2v) is 2.29. The molecule has 0 aliphatic heterocycles. The summed E-state index contributed by atoms with van der Waals surface area (Å²) in [6, 6.07) is 0. The Balaban J connectivity index is 0. The normalized spacial score (nSPS) is 9.00. The van der Waals surface area contributed by atoms with Gasteiger partial charge in [-0.25, -0.2) is 0 Å². The van der Waals surface area contributed by atoms with Gasteiger partial charge in [-0.05, 0) is 25.9 Å². The molecule has 0 aromatic carbocycles. The zero-order chi connectivity index (χ0) is 5.70. The van der Waals surface area contributed by atoms with Gasteiger partial charge in [0.2, 0.25) is 0 Å². The van der Waals surface area contributed by atoms with Gasteiger partial charge in [0, 0.05) is 0 Å². The molecule has 0 fully saturated rings. The Hall–Kier alpha value is 0.250. The molecule has 2 heteroatoms. The largest absolute Gasteiger partial charge is 0.320 e. The maximum absolute atomic E-state index is 3.10. The third-order valence-electron chi connectivity index (χ3n) is 0.972. The van der Waals surface area contributed by atoms with Crippen LogP contribution in [0.5, 0.6) is 0 Å². The molecular formula is C6H16ClN. The summed E-state index contributed by atoms with van der Waals surface area (Å²) in [6.07, 6.45) is 1.29. The quantitative estimate of drug-likeness (QED) is 0.624. The van der Waals surface area contributed by atoms with E-state index >= 15 is 0 Å². The molecule has 1 N–H and O–H groups in total. The molecule has 0 amide bonds. The monoisotopic (exact) mass is 137 g/mol. The second kappa shape index (κ2) is 7.25. The highest BCUT2D eigenvalue weighted by Gasteiger charge is 1.88. The maximum atomic E-state index is 3.10. The minimum absolute atomic E-state index is 0. The lowest BCUT2D eigenvalue weighted by Gasteiger charge is -2.00. The molecule has 0 aliphatic rings. The van der Waals surface area contributed by atoms with Crippen LogP contribution in [0.2, 0.25) is 0 Å². The first kappa shape index (κ1) is 11.1. The van der Waals surface area contributed by atoms with Crippen molar-refractivity contribution in [2.45, 2.75) is 20.3 Å². The zero-order valence-corrected chi connectivity index (χ0v) is 6.72. The van der Waals surface area contributed by atoms with E-state index in [0.29, 0.717) is 0 Å². The van der Waals surface area contributed by atoms with Crippen LogP contribution >= 0.6 is 12.4 Å². The van der Waals surface area contributed by atoms with E-state index in [1.807, 2.05) is 7.05 Å². The molecule has 0 unspecified atom stereocenters. The van der Waals surface area contributed by atoms with Crippen LogP contribution in [0.3, 0.4) is 0 Å². The molecule has 0 aliphatic carbocycles. The summed E-state index contributed by atoms with van der Waals surface area (Å²) in [5.41, 5.74) is 0. The first-order valence-electron chi connectivity index (χ1n) is 2.92. The Kier molecular flexibility index (Phi) is 10.1. The lowest BCUT2D eigenvalue weighted by Crippen LogP contribution is -2.09. The third kappa shape index (κ3) is 9.54. The first-order valence-corrected chi connectivity index (χ1v) is 2.92. The van der Waals surface area contributed by atoms with Gasteiger partial charge in [-0.15, -0.1) is 12.4 Å². The van der Waals surface area contributed by atoms with Crippen molar-refractivity contribution in [2.75, 3.05) is 13.6 Å². The minimum atomic E-state index is 0. The fourth-order valence-electron chi connectivity index (χ4n) is 0.433. The van der Waals surface area contributed by atoms with E-state index in [0.717, 1.165) is 12.5 Å². The topological polar surface area (TPSA) is 12.0 Å². The van der Waals surface area contributed by atoms with Crippen molar-refractivity contribution in [3.8, 4) is 0 Å². The first-order chi connectivity index (χ1) is 3.27. The predicted octanol–water partition coefficient (Wildman–Crippen LogP) is 1.67. The van der Waals surface area contributed by atoms with Gasteiger partial charge in [-0.1, -0.05) is 13.8 Å². The van der Waals surface area contributed by atoms with E-state index in [1.54, 1.807) is 0 Å². The maximum Gasteiger partial charge on any atom is -0.00495 e. The van der Waals surface area contributed by atoms with Crippen LogP contribution in [0, 0.1) is 5.92 Å². The Bertz CT molecular complexity index is 37.5. The number of rotatable bonds is 3. The fraction of sp³-hybridized carbons (Fsp3) is 1.00. The summed E-state index contributed by atoms with van der Waals surface area (Å²) in [5.74, 6) is 0.840. The molecule has 0 aromatic rings. The molecule has 0 atom stereocenters. The average Bonchev–Trinajstić information content (AvgIpc) is 1.61. The van der Waals surface area contributed by atoms with Gasteiger partial charge in [-0.3, -0.25) is 0 Å². The van der Waals surface area contributed by atoms with Crippen LogP contribution in [0.4, 0.5) is 0 Å². The molecule has 1 nitrogen and oxygen atoms in total. The van der Waals surface area contributed by atoms with Crippen LogP contribution in [0.1, 0.15) is 20.3 Å². The van der Waals surface area contributed by atoms with Crippen LogP contribution in [0.15, 0.2) is 0 Å². The lowest BCUT2D eigenvalue weighted by molar-refractivity contribution is 0.562. The van der Waals surface area contributed by atoms with Crippen molar-refractivity contribution in [1.29, 1.82) is 0 Å². The van der Waals surface area contributed by atoms with E-state index in [1.165, 1.54) is 6.42 Å². The summed E-state index contributed by atoms with van der Waals surface area (Å²) >= 11 is 0. The molecule has 0 spiro atoms. The van der Waals surface area contributed by atoms with Crippen LogP contribution in [0.25, 0.3) is 0 Å². The Morgan fingerprint density at radius 1 is 1.38 bits per heavy atom. The average molecular weight is 138 g/mol. The number of halogens is 1. The molecule has 0 saturated carbocycles. The molecular weight excluding hydrogens is 122 g/mol. The summed E-state index contributed by atoms with van der Waals surface area (Å²) in [4.78, 5) is 0. The predicted molar refractivity (Wildman–Crippen MR) is 40.6 cm³/mol. The van der Waals surface area contributed by atoms with Gasteiger partial charge in [-0.2, -0.15) is 0 Å². The molecule has 0 bridgehead atoms. The molecule has 8 heavy (non-hydrogen) atoms. The summed E-state index contributed by atoms with van der Waals surface area (Å²) in [5, 5.41) is 3.10. The van der Waals surface area contributed by atoms with Crippen LogP contribution in [-0.4, -0.2) is 13.6 Å². The van der Waals surface area contributed by atoms with Gasteiger partial charge >= 0.3 is 0 Å². The molecule has 0 heterocycles. The van der Waals surface area contributed by atoms with Crippen molar-refractivity contribution in [3.63, 3.8) is 0 Å². The summed E-state index contributed by atoms with van der Waals surface area (Å²) in [6.45, 7) is 5.62. The van der Waals surface area contributed by atoms with Gasteiger partial charge < -0.3 is 5.32 Å². The Labute approximate surface area is 58.3 Å². The standard InChI is InChI=1S/C6H15N.ClH/c1-6(2)4-5-7-3;/h6-7H,4-5H2,1-3H3;1H. The van der Waals surface area contributed by atoms with E-state index in [4.69, 9.17) is 0 Å². The third-order valence-corrected chi connectivity index (χ3v) is 0.972. The smallest absolute Gasteiger partial charge is 0.00495 e. The van der Waals surface area contributed by atoms with E-state index in [9.17, 15) is 0 Å². The van der Waals surface area contributed by atoms with Crippen molar-refractivity contribution < 1.29 is 0 Å². The molecule has 0 rings (SSSR count). The summed E-state index contributed by atoms with van der Waals surface area (Å²) in [7, 11) is 1.99. The zero-order valence-electron chi connectivity index (χ0n) is 5.90. The lowest BCUT2D eigenvalue weighted by atomic mass is 10.1. The van der Waals surface area contributed by atoms with Crippen molar-refractivity contribution in [2.24, 2.45) is 5.92 Å². The van der Waals surface area contributed by atoms with E-state index in [-0.39, 0.29) is 12.4 Å². The van der Waals surface area contributed by atoms with E-state index in [2.05, 4.69) is 19.2 Å². The van der Waals surface area contributed by atoms with Gasteiger partial charge in [0.25, 0.3) is 0 Å².